The molecule has 1 unspecified atom stereocenters. The lowest BCUT2D eigenvalue weighted by molar-refractivity contribution is -0.172. The first kappa shape index (κ1) is 19.8. The predicted octanol–water partition coefficient (Wildman–Crippen LogP) is 2.45. The molecule has 6 nitrogen and oxygen atoms in total. The molecule has 0 radical (unpaired) electrons. The zero-order chi connectivity index (χ0) is 20.4. The molecule has 1 atom stereocenters. The second-order valence-electron chi connectivity index (χ2n) is 8.48. The minimum absolute atomic E-state index is 0.0193. The lowest BCUT2D eigenvalue weighted by Crippen LogP contribution is -2.65. The van der Waals surface area contributed by atoms with Crippen LogP contribution in [0.3, 0.4) is 0 Å². The summed E-state index contributed by atoms with van der Waals surface area (Å²) in [6.07, 6.45) is 5.41. The summed E-state index contributed by atoms with van der Waals surface area (Å²) in [5.74, 6) is -0.495. The quantitative estimate of drug-likeness (QED) is 0.797. The molecule has 1 spiro atoms. The molecule has 1 aliphatic heterocycles. The standard InChI is InChI=1S/C22H26FN3O3/c23-19-10-15(12-24)2-3-16(19)4-7-21(28)26-13-18(11-20(27)25-17-5-6-17)29-14-22(26)8-1-9-22/h2-3,10,17-18H,1,4-9,11,13-14H2,(H,25,27). The summed E-state index contributed by atoms with van der Waals surface area (Å²) < 4.78 is 20.1. The highest BCUT2D eigenvalue weighted by Crippen LogP contribution is 2.41. The summed E-state index contributed by atoms with van der Waals surface area (Å²) in [4.78, 5) is 27.0. The van der Waals surface area contributed by atoms with Crippen LogP contribution in [0.15, 0.2) is 18.2 Å². The van der Waals surface area contributed by atoms with E-state index in [0.717, 1.165) is 32.1 Å². The first-order chi connectivity index (χ1) is 14.0. The molecule has 1 saturated heterocycles. The summed E-state index contributed by atoms with van der Waals surface area (Å²) in [5, 5.41) is 11.8. The monoisotopic (exact) mass is 399 g/mol. The summed E-state index contributed by atoms with van der Waals surface area (Å²) in [6, 6.07) is 6.57. The van der Waals surface area contributed by atoms with Crippen molar-refractivity contribution < 1.29 is 18.7 Å². The number of halogens is 1. The van der Waals surface area contributed by atoms with Gasteiger partial charge in [-0.25, -0.2) is 4.39 Å². The lowest BCUT2D eigenvalue weighted by atomic mass is 9.74. The summed E-state index contributed by atoms with van der Waals surface area (Å²) in [6.45, 7) is 0.873. The van der Waals surface area contributed by atoms with Gasteiger partial charge in [0, 0.05) is 19.0 Å². The van der Waals surface area contributed by atoms with E-state index < -0.39 is 5.82 Å². The predicted molar refractivity (Wildman–Crippen MR) is 103 cm³/mol. The number of amides is 2. The van der Waals surface area contributed by atoms with Crippen LogP contribution in [0, 0.1) is 17.1 Å². The van der Waals surface area contributed by atoms with Gasteiger partial charge in [-0.15, -0.1) is 0 Å². The van der Waals surface area contributed by atoms with Crippen LogP contribution in [-0.2, 0) is 20.7 Å². The number of nitriles is 1. The fourth-order valence-electron chi connectivity index (χ4n) is 4.21. The van der Waals surface area contributed by atoms with Gasteiger partial charge < -0.3 is 15.0 Å². The molecule has 29 heavy (non-hydrogen) atoms. The maximum atomic E-state index is 14.1. The Hall–Kier alpha value is -2.46. The summed E-state index contributed by atoms with van der Waals surface area (Å²) in [7, 11) is 0. The number of carbonyl (C=O) groups is 2. The van der Waals surface area contributed by atoms with Crippen molar-refractivity contribution in [3.8, 4) is 6.07 Å². The third-order valence-corrected chi connectivity index (χ3v) is 6.28. The Morgan fingerprint density at radius 2 is 2.14 bits per heavy atom. The Kier molecular flexibility index (Phi) is 5.55. The Bertz CT molecular complexity index is 842. The van der Waals surface area contributed by atoms with Crippen LogP contribution < -0.4 is 5.32 Å². The van der Waals surface area contributed by atoms with Crippen LogP contribution in [0.4, 0.5) is 4.39 Å². The van der Waals surface area contributed by atoms with E-state index in [2.05, 4.69) is 5.32 Å². The van der Waals surface area contributed by atoms with E-state index in [1.54, 1.807) is 12.1 Å². The Labute approximate surface area is 170 Å². The number of hydrogen-bond acceptors (Lipinski definition) is 4. The van der Waals surface area contributed by atoms with Gasteiger partial charge in [0.05, 0.1) is 36.3 Å². The summed E-state index contributed by atoms with van der Waals surface area (Å²) in [5.41, 5.74) is 0.448. The average molecular weight is 399 g/mol. The van der Waals surface area contributed by atoms with Gasteiger partial charge >= 0.3 is 0 Å². The van der Waals surface area contributed by atoms with Gasteiger partial charge in [0.25, 0.3) is 0 Å². The molecular weight excluding hydrogens is 373 g/mol. The topological polar surface area (TPSA) is 82.4 Å². The van der Waals surface area contributed by atoms with Crippen molar-refractivity contribution in [2.24, 2.45) is 0 Å². The minimum Gasteiger partial charge on any atom is -0.373 e. The molecule has 0 bridgehead atoms. The van der Waals surface area contributed by atoms with Gasteiger partial charge in [0.1, 0.15) is 5.82 Å². The second-order valence-corrected chi connectivity index (χ2v) is 8.48. The zero-order valence-corrected chi connectivity index (χ0v) is 16.5. The van der Waals surface area contributed by atoms with Gasteiger partial charge in [-0.3, -0.25) is 9.59 Å². The highest BCUT2D eigenvalue weighted by atomic mass is 19.1. The van der Waals surface area contributed by atoms with E-state index >= 15 is 0 Å². The maximum Gasteiger partial charge on any atom is 0.223 e. The van der Waals surface area contributed by atoms with Crippen LogP contribution in [-0.4, -0.2) is 47.6 Å². The maximum absolute atomic E-state index is 14.1. The zero-order valence-electron chi connectivity index (χ0n) is 16.5. The van der Waals surface area contributed by atoms with Crippen LogP contribution in [0.5, 0.6) is 0 Å². The van der Waals surface area contributed by atoms with Gasteiger partial charge in [-0.2, -0.15) is 5.26 Å². The van der Waals surface area contributed by atoms with E-state index in [-0.39, 0.29) is 48.3 Å². The highest BCUT2D eigenvalue weighted by molar-refractivity contribution is 5.79. The largest absolute Gasteiger partial charge is 0.373 e. The summed E-state index contributed by atoms with van der Waals surface area (Å²) >= 11 is 0. The van der Waals surface area contributed by atoms with Crippen LogP contribution in [0.1, 0.15) is 56.1 Å². The number of benzene rings is 1. The fourth-order valence-corrected chi connectivity index (χ4v) is 4.21. The Morgan fingerprint density at radius 1 is 1.34 bits per heavy atom. The molecule has 1 aromatic carbocycles. The molecule has 2 saturated carbocycles. The molecule has 1 aromatic rings. The third kappa shape index (κ3) is 4.43. The van der Waals surface area contributed by atoms with Crippen molar-refractivity contribution in [2.75, 3.05) is 13.2 Å². The Morgan fingerprint density at radius 3 is 2.76 bits per heavy atom. The molecule has 2 amide bonds. The SMILES string of the molecule is N#Cc1ccc(CCC(=O)N2CC(CC(=O)NC3CC3)OCC23CCC3)c(F)c1. The highest BCUT2D eigenvalue weighted by Gasteiger charge is 2.49. The molecule has 0 aromatic heterocycles. The number of rotatable bonds is 6. The molecule has 154 valence electrons. The number of nitrogens with zero attached hydrogens (tertiary/aromatic N) is 2. The van der Waals surface area contributed by atoms with Gasteiger partial charge in [0.2, 0.25) is 11.8 Å². The van der Waals surface area contributed by atoms with Gasteiger partial charge in [-0.05, 0) is 56.2 Å². The number of ether oxygens (including phenoxy) is 1. The van der Waals surface area contributed by atoms with E-state index in [1.807, 2.05) is 11.0 Å². The molecule has 3 fully saturated rings. The van der Waals surface area contributed by atoms with Crippen molar-refractivity contribution in [1.29, 1.82) is 5.26 Å². The van der Waals surface area contributed by atoms with Crippen molar-refractivity contribution in [3.05, 3.63) is 35.1 Å². The fraction of sp³-hybridized carbons (Fsp3) is 0.591. The van der Waals surface area contributed by atoms with Gasteiger partial charge in [0.15, 0.2) is 0 Å². The van der Waals surface area contributed by atoms with Crippen molar-refractivity contribution in [2.45, 2.75) is 69.1 Å². The molecule has 2 aliphatic carbocycles. The van der Waals surface area contributed by atoms with Gasteiger partial charge in [-0.1, -0.05) is 6.07 Å². The van der Waals surface area contributed by atoms with Crippen molar-refractivity contribution in [1.82, 2.24) is 10.2 Å². The molecule has 1 N–H and O–H groups in total. The number of hydrogen-bond donors (Lipinski definition) is 1. The minimum atomic E-state index is -0.452. The smallest absolute Gasteiger partial charge is 0.223 e. The lowest BCUT2D eigenvalue weighted by Gasteiger charge is -2.54. The average Bonchev–Trinajstić information content (AvgIpc) is 3.49. The molecule has 7 heteroatoms. The molecule has 1 heterocycles. The van der Waals surface area contributed by atoms with E-state index in [9.17, 15) is 14.0 Å². The van der Waals surface area contributed by atoms with Crippen LogP contribution in [0.25, 0.3) is 0 Å². The van der Waals surface area contributed by atoms with E-state index in [0.29, 0.717) is 24.8 Å². The molecule has 3 aliphatic rings. The van der Waals surface area contributed by atoms with Crippen molar-refractivity contribution in [3.63, 3.8) is 0 Å². The molecule has 4 rings (SSSR count). The third-order valence-electron chi connectivity index (χ3n) is 6.28. The first-order valence-electron chi connectivity index (χ1n) is 10.4. The van der Waals surface area contributed by atoms with Crippen molar-refractivity contribution >= 4 is 11.8 Å². The molecular formula is C22H26FN3O3. The second kappa shape index (κ2) is 8.11. The number of morpholine rings is 1. The normalized spacial score (nSPS) is 22.6. The Balaban J connectivity index is 1.37. The van der Waals surface area contributed by atoms with Crippen LogP contribution in [0.2, 0.25) is 0 Å². The number of carbonyl (C=O) groups excluding carboxylic acids is 2. The first-order valence-corrected chi connectivity index (χ1v) is 10.4. The number of nitrogens with one attached hydrogen (secondary N) is 1. The van der Waals surface area contributed by atoms with Crippen LogP contribution >= 0.6 is 0 Å². The van der Waals surface area contributed by atoms with E-state index in [4.69, 9.17) is 10.00 Å². The van der Waals surface area contributed by atoms with E-state index in [1.165, 1.54) is 6.07 Å². The number of aryl methyl sites for hydroxylation is 1.